The van der Waals surface area contributed by atoms with E-state index in [0.29, 0.717) is 6.42 Å². The molecule has 0 radical (unpaired) electrons. The molecule has 14 atom stereocenters. The fourth-order valence-electron chi connectivity index (χ4n) is 10.7. The average molecular weight is 681 g/mol. The highest BCUT2D eigenvalue weighted by molar-refractivity contribution is 5.95. The third-order valence-electron chi connectivity index (χ3n) is 13.7. The van der Waals surface area contributed by atoms with Crippen molar-refractivity contribution < 1.29 is 59.6 Å². The van der Waals surface area contributed by atoms with E-state index in [9.17, 15) is 50.1 Å². The Hall–Kier alpha value is -1.61. The van der Waals surface area contributed by atoms with Gasteiger partial charge in [0.15, 0.2) is 17.9 Å². The number of ketones is 3. The monoisotopic (exact) mass is 680 g/mol. The van der Waals surface area contributed by atoms with Crippen LogP contribution in [0.3, 0.4) is 0 Å². The SMILES string of the molecule is CC(C)(O)CCC(=O)[C@](C)(O)[C@H]1[C@H](O)C[C@@]2(C)[C@@H]3CC=C4[C@@H](C[C@H](O[C@@H]5O[C@H](CO)[C@@H](O)[C@H](O)[C@H]5O)C(=O)C4(C)C)[C@]3(C)C(=O)C[C@]12C. The van der Waals surface area contributed by atoms with Gasteiger partial charge < -0.3 is 45.2 Å². The van der Waals surface area contributed by atoms with Crippen molar-refractivity contribution in [3.63, 3.8) is 0 Å². The molecule has 0 spiro atoms. The minimum absolute atomic E-state index is 0.0104. The van der Waals surface area contributed by atoms with Crippen LogP contribution in [-0.2, 0) is 23.9 Å². The molecule has 272 valence electrons. The number of allylic oxidation sites excluding steroid dienone is 2. The van der Waals surface area contributed by atoms with Gasteiger partial charge in [0.05, 0.1) is 18.3 Å². The smallest absolute Gasteiger partial charge is 0.187 e. The lowest BCUT2D eigenvalue weighted by Crippen LogP contribution is -2.66. The van der Waals surface area contributed by atoms with Crippen molar-refractivity contribution in [3.05, 3.63) is 11.6 Å². The number of aliphatic hydroxyl groups is 7. The van der Waals surface area contributed by atoms with Crippen molar-refractivity contribution in [1.82, 2.24) is 0 Å². The molecule has 12 nitrogen and oxygen atoms in total. The lowest BCUT2D eigenvalue weighted by molar-refractivity contribution is -0.311. The maximum Gasteiger partial charge on any atom is 0.187 e. The topological polar surface area (TPSA) is 211 Å². The van der Waals surface area contributed by atoms with E-state index in [1.807, 2.05) is 26.8 Å². The van der Waals surface area contributed by atoms with Crippen LogP contribution in [0.2, 0.25) is 0 Å². The molecule has 5 aliphatic rings. The Kier molecular flexibility index (Phi) is 9.40. The van der Waals surface area contributed by atoms with Gasteiger partial charge in [-0.25, -0.2) is 0 Å². The van der Waals surface area contributed by atoms with Crippen LogP contribution in [0.5, 0.6) is 0 Å². The standard InChI is InChI=1S/C36H56O12/c1-31(2,45)12-11-23(39)36(8,46)28-19(38)14-33(5)22-10-9-17-18(35(22,7)24(40)15-34(28,33)6)13-20(29(44)32(17,3)4)47-30-27(43)26(42)25(41)21(16-37)48-30/h9,18-22,25-28,30,37-38,41-43,45-46H,10-16H2,1-8H3/t18-,19-,20+,21-,22+,25-,26+,27-,28+,30-,33+,34-,35+,36+/m1/s1. The number of Topliss-reactive ketones (excluding diaryl/α,β-unsaturated/α-hetero) is 3. The molecule has 0 unspecified atom stereocenters. The largest absolute Gasteiger partial charge is 0.394 e. The highest BCUT2D eigenvalue weighted by Gasteiger charge is 2.74. The number of carbonyl (C=O) groups is 3. The average Bonchev–Trinajstić information content (AvgIpc) is 3.19. The predicted molar refractivity (Wildman–Crippen MR) is 171 cm³/mol. The zero-order valence-electron chi connectivity index (χ0n) is 29.5. The molecule has 7 N–H and O–H groups in total. The van der Waals surface area contributed by atoms with Crippen LogP contribution >= 0.6 is 0 Å². The Labute approximate surface area is 282 Å². The van der Waals surface area contributed by atoms with E-state index >= 15 is 0 Å². The maximum absolute atomic E-state index is 14.7. The second kappa shape index (κ2) is 12.0. The summed E-state index contributed by atoms with van der Waals surface area (Å²) in [5, 5.41) is 74.6. The van der Waals surface area contributed by atoms with E-state index in [1.54, 1.807) is 27.7 Å². The number of hydrogen-bond acceptors (Lipinski definition) is 12. The van der Waals surface area contributed by atoms with Crippen LogP contribution in [0.4, 0.5) is 0 Å². The minimum atomic E-state index is -1.95. The Morgan fingerprint density at radius 3 is 2.19 bits per heavy atom. The molecule has 48 heavy (non-hydrogen) atoms. The lowest BCUT2D eigenvalue weighted by atomic mass is 9.38. The van der Waals surface area contributed by atoms with Gasteiger partial charge >= 0.3 is 0 Å². The van der Waals surface area contributed by atoms with E-state index in [0.717, 1.165) is 5.57 Å². The van der Waals surface area contributed by atoms with Crippen molar-refractivity contribution in [2.75, 3.05) is 6.61 Å². The summed E-state index contributed by atoms with van der Waals surface area (Å²) in [6.45, 7) is 13.3. The maximum atomic E-state index is 14.7. The van der Waals surface area contributed by atoms with Gasteiger partial charge in [-0.1, -0.05) is 32.4 Å². The minimum Gasteiger partial charge on any atom is -0.394 e. The second-order valence-electron chi connectivity index (χ2n) is 17.4. The summed E-state index contributed by atoms with van der Waals surface area (Å²) in [6, 6.07) is 0. The van der Waals surface area contributed by atoms with Crippen molar-refractivity contribution in [1.29, 1.82) is 0 Å². The molecular weight excluding hydrogens is 624 g/mol. The molecular formula is C36H56O12. The van der Waals surface area contributed by atoms with Crippen LogP contribution in [0.25, 0.3) is 0 Å². The summed E-state index contributed by atoms with van der Waals surface area (Å²) in [4.78, 5) is 42.2. The summed E-state index contributed by atoms with van der Waals surface area (Å²) >= 11 is 0. The molecule has 4 fully saturated rings. The fourth-order valence-corrected chi connectivity index (χ4v) is 10.7. The molecule has 0 bridgehead atoms. The summed E-state index contributed by atoms with van der Waals surface area (Å²) in [7, 11) is 0. The van der Waals surface area contributed by atoms with E-state index < -0.39 is 100 Å². The number of hydrogen-bond donors (Lipinski definition) is 7. The zero-order valence-corrected chi connectivity index (χ0v) is 29.5. The zero-order chi connectivity index (χ0) is 36.2. The first-order valence-corrected chi connectivity index (χ1v) is 17.3. The second-order valence-corrected chi connectivity index (χ2v) is 17.4. The van der Waals surface area contributed by atoms with Gasteiger partial charge in [0.2, 0.25) is 0 Å². The van der Waals surface area contributed by atoms with Crippen LogP contribution in [0, 0.1) is 39.4 Å². The van der Waals surface area contributed by atoms with E-state index in [4.69, 9.17) is 9.47 Å². The first kappa shape index (κ1) is 37.6. The molecule has 0 aromatic heterocycles. The third kappa shape index (κ3) is 5.40. The Bertz CT molecular complexity index is 1350. The third-order valence-corrected chi connectivity index (χ3v) is 13.7. The molecule has 4 aliphatic carbocycles. The normalized spacial score (nSPS) is 47.0. The van der Waals surface area contributed by atoms with E-state index in [2.05, 4.69) is 0 Å². The predicted octanol–water partition coefficient (Wildman–Crippen LogP) is 0.977. The highest BCUT2D eigenvalue weighted by atomic mass is 16.7. The van der Waals surface area contributed by atoms with Crippen molar-refractivity contribution >= 4 is 17.3 Å². The van der Waals surface area contributed by atoms with Gasteiger partial charge in [0.25, 0.3) is 0 Å². The first-order chi connectivity index (χ1) is 21.9. The molecule has 1 heterocycles. The molecule has 0 aromatic rings. The summed E-state index contributed by atoms with van der Waals surface area (Å²) < 4.78 is 11.6. The highest BCUT2D eigenvalue weighted by Crippen LogP contribution is 2.74. The summed E-state index contributed by atoms with van der Waals surface area (Å²) in [5.41, 5.74) is -6.01. The van der Waals surface area contributed by atoms with Gasteiger partial charge in [0, 0.05) is 29.6 Å². The lowest BCUT2D eigenvalue weighted by Gasteiger charge is -2.64. The Balaban J connectivity index is 1.49. The summed E-state index contributed by atoms with van der Waals surface area (Å²) in [6.07, 6.45) is -7.10. The number of fused-ring (bicyclic) bond motifs is 5. The molecule has 5 rings (SSSR count). The van der Waals surface area contributed by atoms with Crippen LogP contribution in [-0.4, -0.2) is 114 Å². The fraction of sp³-hybridized carbons (Fsp3) is 0.861. The number of ether oxygens (including phenoxy) is 2. The van der Waals surface area contributed by atoms with E-state index in [1.165, 1.54) is 6.92 Å². The molecule has 0 aromatic carbocycles. The quantitative estimate of drug-likeness (QED) is 0.179. The van der Waals surface area contributed by atoms with Crippen LogP contribution in [0.1, 0.15) is 93.9 Å². The molecule has 3 saturated carbocycles. The molecule has 1 saturated heterocycles. The Morgan fingerprint density at radius 1 is 0.979 bits per heavy atom. The van der Waals surface area contributed by atoms with Crippen molar-refractivity contribution in [2.45, 2.75) is 148 Å². The molecule has 0 amide bonds. The van der Waals surface area contributed by atoms with Gasteiger partial charge in [0.1, 0.15) is 41.9 Å². The summed E-state index contributed by atoms with van der Waals surface area (Å²) in [5.74, 6) is -2.62. The van der Waals surface area contributed by atoms with Gasteiger partial charge in [-0.3, -0.25) is 14.4 Å². The van der Waals surface area contributed by atoms with Crippen molar-refractivity contribution in [2.24, 2.45) is 39.4 Å². The van der Waals surface area contributed by atoms with E-state index in [-0.39, 0.29) is 49.6 Å². The number of carbonyl (C=O) groups excluding carboxylic acids is 3. The van der Waals surface area contributed by atoms with Crippen LogP contribution < -0.4 is 0 Å². The van der Waals surface area contributed by atoms with Gasteiger partial charge in [-0.05, 0) is 83.0 Å². The number of rotatable bonds is 8. The van der Waals surface area contributed by atoms with Crippen molar-refractivity contribution in [3.8, 4) is 0 Å². The number of aliphatic hydroxyl groups excluding tert-OH is 5. The van der Waals surface area contributed by atoms with Gasteiger partial charge in [-0.15, -0.1) is 0 Å². The Morgan fingerprint density at radius 2 is 1.60 bits per heavy atom. The molecule has 12 heteroatoms. The first-order valence-electron chi connectivity index (χ1n) is 17.3. The van der Waals surface area contributed by atoms with Gasteiger partial charge in [-0.2, -0.15) is 0 Å². The molecule has 1 aliphatic heterocycles. The van der Waals surface area contributed by atoms with Crippen LogP contribution in [0.15, 0.2) is 11.6 Å².